The van der Waals surface area contributed by atoms with Crippen LogP contribution in [0.5, 0.6) is 5.75 Å². The SMILES string of the molecule is CCOC(=O)c1sc(NC(=O)COc2ccccc2)c(C(=O)OCC)c1-c1ccccc1. The minimum atomic E-state index is -0.641. The van der Waals surface area contributed by atoms with Gasteiger partial charge in [0.1, 0.15) is 21.2 Å². The highest BCUT2D eigenvalue weighted by molar-refractivity contribution is 7.19. The van der Waals surface area contributed by atoms with E-state index in [0.29, 0.717) is 16.9 Å². The Bertz CT molecular complexity index is 1080. The first-order valence-electron chi connectivity index (χ1n) is 10.1. The third-order valence-corrected chi connectivity index (χ3v) is 5.36. The highest BCUT2D eigenvalue weighted by atomic mass is 32.1. The van der Waals surface area contributed by atoms with Gasteiger partial charge in [0.15, 0.2) is 6.61 Å². The molecular formula is C24H23NO6S. The Morgan fingerprint density at radius 3 is 2.06 bits per heavy atom. The van der Waals surface area contributed by atoms with E-state index >= 15 is 0 Å². The molecule has 0 saturated heterocycles. The van der Waals surface area contributed by atoms with Gasteiger partial charge < -0.3 is 19.5 Å². The Balaban J connectivity index is 1.99. The van der Waals surface area contributed by atoms with Crippen LogP contribution in [0.3, 0.4) is 0 Å². The van der Waals surface area contributed by atoms with Gasteiger partial charge in [-0.05, 0) is 31.5 Å². The molecule has 1 amide bonds. The predicted molar refractivity (Wildman–Crippen MR) is 122 cm³/mol. The summed E-state index contributed by atoms with van der Waals surface area (Å²) >= 11 is 0.970. The average molecular weight is 454 g/mol. The third kappa shape index (κ3) is 5.53. The first kappa shape index (κ1) is 23.0. The summed E-state index contributed by atoms with van der Waals surface area (Å²) in [6.07, 6.45) is 0. The van der Waals surface area contributed by atoms with Crippen molar-refractivity contribution >= 4 is 34.2 Å². The molecule has 0 spiro atoms. The van der Waals surface area contributed by atoms with E-state index in [1.807, 2.05) is 12.1 Å². The molecule has 0 aliphatic rings. The van der Waals surface area contributed by atoms with Gasteiger partial charge in [0, 0.05) is 5.56 Å². The second kappa shape index (κ2) is 11.1. The van der Waals surface area contributed by atoms with Crippen LogP contribution < -0.4 is 10.1 Å². The molecule has 1 aromatic heterocycles. The fraction of sp³-hybridized carbons (Fsp3) is 0.208. The second-order valence-electron chi connectivity index (χ2n) is 6.47. The van der Waals surface area contributed by atoms with Gasteiger partial charge in [-0.25, -0.2) is 9.59 Å². The van der Waals surface area contributed by atoms with Gasteiger partial charge in [-0.15, -0.1) is 11.3 Å². The van der Waals surface area contributed by atoms with Crippen LogP contribution in [0.25, 0.3) is 11.1 Å². The van der Waals surface area contributed by atoms with Crippen molar-refractivity contribution in [3.05, 3.63) is 71.1 Å². The van der Waals surface area contributed by atoms with Crippen LogP contribution in [0.15, 0.2) is 60.7 Å². The summed E-state index contributed by atoms with van der Waals surface area (Å²) in [5.41, 5.74) is 1.11. The lowest BCUT2D eigenvalue weighted by molar-refractivity contribution is -0.118. The largest absolute Gasteiger partial charge is 0.484 e. The molecular weight excluding hydrogens is 430 g/mol. The van der Waals surface area contributed by atoms with Crippen molar-refractivity contribution in [3.8, 4) is 16.9 Å². The monoisotopic (exact) mass is 453 g/mol. The van der Waals surface area contributed by atoms with Gasteiger partial charge in [0.2, 0.25) is 0 Å². The topological polar surface area (TPSA) is 90.9 Å². The maximum Gasteiger partial charge on any atom is 0.349 e. The van der Waals surface area contributed by atoms with Gasteiger partial charge in [0.25, 0.3) is 5.91 Å². The summed E-state index contributed by atoms with van der Waals surface area (Å²) in [6.45, 7) is 3.43. The zero-order chi connectivity index (χ0) is 22.9. The minimum absolute atomic E-state index is 0.110. The molecule has 0 radical (unpaired) electrons. The molecule has 166 valence electrons. The van der Waals surface area contributed by atoms with Gasteiger partial charge in [-0.1, -0.05) is 48.5 Å². The number of ether oxygens (including phenoxy) is 3. The van der Waals surface area contributed by atoms with Crippen LogP contribution in [-0.2, 0) is 14.3 Å². The molecule has 3 rings (SSSR count). The summed E-state index contributed by atoms with van der Waals surface area (Å²) in [4.78, 5) is 38.3. The van der Waals surface area contributed by atoms with E-state index in [9.17, 15) is 14.4 Å². The van der Waals surface area contributed by atoms with E-state index in [4.69, 9.17) is 14.2 Å². The zero-order valence-corrected chi connectivity index (χ0v) is 18.6. The number of hydrogen-bond acceptors (Lipinski definition) is 7. The summed E-state index contributed by atoms with van der Waals surface area (Å²) in [5, 5.41) is 2.89. The molecule has 8 heteroatoms. The molecule has 1 heterocycles. The molecule has 0 unspecified atom stereocenters. The van der Waals surface area contributed by atoms with E-state index in [1.54, 1.807) is 62.4 Å². The van der Waals surface area contributed by atoms with Crippen molar-refractivity contribution < 1.29 is 28.6 Å². The summed E-state index contributed by atoms with van der Waals surface area (Å²) < 4.78 is 15.9. The van der Waals surface area contributed by atoms with Crippen LogP contribution in [0.4, 0.5) is 5.00 Å². The lowest BCUT2D eigenvalue weighted by atomic mass is 10.0. The number of anilines is 1. The Morgan fingerprint density at radius 1 is 0.844 bits per heavy atom. The number of thiophene rings is 1. The Kier molecular flexibility index (Phi) is 7.99. The van der Waals surface area contributed by atoms with Gasteiger partial charge >= 0.3 is 11.9 Å². The molecule has 0 bridgehead atoms. The van der Waals surface area contributed by atoms with Crippen molar-refractivity contribution in [2.24, 2.45) is 0 Å². The molecule has 0 aliphatic heterocycles. The predicted octanol–water partition coefficient (Wildman–Crippen LogP) is 4.79. The minimum Gasteiger partial charge on any atom is -0.484 e. The third-order valence-electron chi connectivity index (χ3n) is 4.28. The van der Waals surface area contributed by atoms with Crippen LogP contribution in [0.1, 0.15) is 33.9 Å². The van der Waals surface area contributed by atoms with Crippen molar-refractivity contribution in [2.75, 3.05) is 25.1 Å². The molecule has 0 aliphatic carbocycles. The second-order valence-corrected chi connectivity index (χ2v) is 7.49. The smallest absolute Gasteiger partial charge is 0.349 e. The normalized spacial score (nSPS) is 10.3. The van der Waals surface area contributed by atoms with Crippen LogP contribution in [0.2, 0.25) is 0 Å². The fourth-order valence-electron chi connectivity index (χ4n) is 2.97. The standard InChI is InChI=1S/C24H23NO6S/c1-3-29-23(27)20-19(16-11-7-5-8-12-16)21(24(28)30-4-2)32-22(20)25-18(26)15-31-17-13-9-6-10-14-17/h5-14H,3-4,15H2,1-2H3,(H,25,26). The summed E-state index contributed by atoms with van der Waals surface area (Å²) in [5.74, 6) is -1.16. The van der Waals surface area contributed by atoms with Crippen molar-refractivity contribution in [1.29, 1.82) is 0 Å². The molecule has 7 nitrogen and oxygen atoms in total. The number of hydrogen-bond donors (Lipinski definition) is 1. The summed E-state index contributed by atoms with van der Waals surface area (Å²) in [7, 11) is 0. The maximum absolute atomic E-state index is 12.9. The number of amides is 1. The molecule has 0 fully saturated rings. The number of benzene rings is 2. The van der Waals surface area contributed by atoms with E-state index in [1.165, 1.54) is 0 Å². The van der Waals surface area contributed by atoms with E-state index in [-0.39, 0.29) is 35.3 Å². The van der Waals surface area contributed by atoms with E-state index in [2.05, 4.69) is 5.32 Å². The molecule has 32 heavy (non-hydrogen) atoms. The number of nitrogens with one attached hydrogen (secondary N) is 1. The number of rotatable bonds is 9. The van der Waals surface area contributed by atoms with Crippen LogP contribution in [-0.4, -0.2) is 37.7 Å². The molecule has 3 aromatic rings. The average Bonchev–Trinajstić information content (AvgIpc) is 3.18. The van der Waals surface area contributed by atoms with Crippen LogP contribution in [0, 0.1) is 0 Å². The highest BCUT2D eigenvalue weighted by Crippen LogP contribution is 2.41. The highest BCUT2D eigenvalue weighted by Gasteiger charge is 2.30. The Morgan fingerprint density at radius 2 is 1.44 bits per heavy atom. The number of esters is 2. The lowest BCUT2D eigenvalue weighted by Gasteiger charge is -2.10. The van der Waals surface area contributed by atoms with Gasteiger partial charge in [-0.3, -0.25) is 4.79 Å². The first-order chi connectivity index (χ1) is 15.5. The first-order valence-corrected chi connectivity index (χ1v) is 10.9. The molecule has 0 atom stereocenters. The van der Waals surface area contributed by atoms with Crippen molar-refractivity contribution in [1.82, 2.24) is 0 Å². The van der Waals surface area contributed by atoms with Crippen molar-refractivity contribution in [3.63, 3.8) is 0 Å². The molecule has 2 aromatic carbocycles. The number of para-hydroxylation sites is 1. The van der Waals surface area contributed by atoms with Gasteiger partial charge in [0.05, 0.1) is 13.2 Å². The number of carbonyl (C=O) groups excluding carboxylic acids is 3. The molecule has 0 saturated carbocycles. The van der Waals surface area contributed by atoms with Gasteiger partial charge in [-0.2, -0.15) is 0 Å². The fourth-order valence-corrected chi connectivity index (χ4v) is 4.09. The summed E-state index contributed by atoms with van der Waals surface area (Å²) in [6, 6.07) is 17.9. The Hall–Kier alpha value is -3.65. The van der Waals surface area contributed by atoms with Crippen molar-refractivity contribution in [2.45, 2.75) is 13.8 Å². The number of carbonyl (C=O) groups is 3. The quantitative estimate of drug-likeness (QED) is 0.469. The zero-order valence-electron chi connectivity index (χ0n) is 17.8. The lowest BCUT2D eigenvalue weighted by Crippen LogP contribution is -2.21. The molecule has 1 N–H and O–H groups in total. The van der Waals surface area contributed by atoms with Crippen LogP contribution >= 0.6 is 11.3 Å². The van der Waals surface area contributed by atoms with E-state index in [0.717, 1.165) is 11.3 Å². The Labute approximate surface area is 189 Å². The maximum atomic E-state index is 12.9. The van der Waals surface area contributed by atoms with E-state index < -0.39 is 17.8 Å².